The lowest BCUT2D eigenvalue weighted by molar-refractivity contribution is 0.0512. The van der Waals surface area contributed by atoms with Crippen LogP contribution in [-0.4, -0.2) is 33.6 Å². The lowest BCUT2D eigenvalue weighted by Crippen LogP contribution is -2.67. The molecule has 222 valence electrons. The molecule has 0 spiro atoms. The Hall–Kier alpha value is -2.05. The molecule has 5 heteroatoms. The van der Waals surface area contributed by atoms with E-state index in [1.807, 2.05) is 11.8 Å². The smallest absolute Gasteiger partial charge is 0.261 e. The molecule has 41 heavy (non-hydrogen) atoms. The van der Waals surface area contributed by atoms with E-state index in [4.69, 9.17) is 13.9 Å². The third kappa shape index (κ3) is 6.80. The molecule has 0 aliphatic carbocycles. The monoisotopic (exact) mass is 590 g/mol. The molecule has 4 rings (SSSR count). The summed E-state index contributed by atoms with van der Waals surface area (Å²) < 4.78 is 20.0. The summed E-state index contributed by atoms with van der Waals surface area (Å²) in [6.07, 6.45) is 2.08. The standard InChI is InChI=1S/C36H50O3SSi/c1-34(2,3)29-22-23-30(32(33(29)37-10)35(4,5)6)40-31-24-21-26(39-31)25-38-41(36(7,8)9,27-17-13-11-14-18-27)28-19-15-12-16-20-28/h11-20,22-23,26,31H,21,24-25H2,1-10H3/t26-,31+/m0/s1. The van der Waals surface area contributed by atoms with Gasteiger partial charge in [0.2, 0.25) is 0 Å². The maximum absolute atomic E-state index is 7.20. The van der Waals surface area contributed by atoms with Crippen molar-refractivity contribution in [2.75, 3.05) is 13.7 Å². The minimum atomic E-state index is -2.59. The third-order valence-electron chi connectivity index (χ3n) is 8.11. The van der Waals surface area contributed by atoms with Crippen LogP contribution in [0.2, 0.25) is 5.04 Å². The Balaban J connectivity index is 1.58. The van der Waals surface area contributed by atoms with Crippen LogP contribution < -0.4 is 15.1 Å². The van der Waals surface area contributed by atoms with Gasteiger partial charge in [-0.15, -0.1) is 0 Å². The predicted molar refractivity (Wildman–Crippen MR) is 178 cm³/mol. The number of benzene rings is 3. The molecule has 3 aromatic rings. The van der Waals surface area contributed by atoms with E-state index in [-0.39, 0.29) is 27.4 Å². The van der Waals surface area contributed by atoms with E-state index in [0.29, 0.717) is 6.61 Å². The van der Waals surface area contributed by atoms with Gasteiger partial charge in [0.1, 0.15) is 11.2 Å². The van der Waals surface area contributed by atoms with Gasteiger partial charge in [-0.3, -0.25) is 0 Å². The predicted octanol–water partition coefficient (Wildman–Crippen LogP) is 8.46. The first-order valence-corrected chi connectivity index (χ1v) is 17.8. The van der Waals surface area contributed by atoms with Crippen molar-refractivity contribution in [1.82, 2.24) is 0 Å². The molecule has 2 atom stereocenters. The molecule has 1 aliphatic rings. The molecule has 0 aromatic heterocycles. The summed E-state index contributed by atoms with van der Waals surface area (Å²) in [5.41, 5.74) is 2.56. The molecule has 0 unspecified atom stereocenters. The van der Waals surface area contributed by atoms with Gasteiger partial charge in [0.15, 0.2) is 0 Å². The van der Waals surface area contributed by atoms with Crippen molar-refractivity contribution in [3.8, 4) is 5.75 Å². The van der Waals surface area contributed by atoms with Crippen LogP contribution in [0.5, 0.6) is 5.75 Å². The van der Waals surface area contributed by atoms with Crippen LogP contribution in [0.1, 0.15) is 86.3 Å². The number of hydrogen-bond acceptors (Lipinski definition) is 4. The Labute approximate surface area is 254 Å². The van der Waals surface area contributed by atoms with Gasteiger partial charge in [0, 0.05) is 10.5 Å². The van der Waals surface area contributed by atoms with E-state index in [1.54, 1.807) is 7.11 Å². The minimum Gasteiger partial charge on any atom is -0.496 e. The molecular formula is C36H50O3SSi. The maximum atomic E-state index is 7.20. The molecule has 0 N–H and O–H groups in total. The van der Waals surface area contributed by atoms with Crippen LogP contribution in [0.3, 0.4) is 0 Å². The fourth-order valence-electron chi connectivity index (χ4n) is 6.18. The van der Waals surface area contributed by atoms with Crippen LogP contribution in [0, 0.1) is 0 Å². The lowest BCUT2D eigenvalue weighted by atomic mass is 9.79. The van der Waals surface area contributed by atoms with Crippen molar-refractivity contribution in [3.63, 3.8) is 0 Å². The number of hydrogen-bond donors (Lipinski definition) is 0. The van der Waals surface area contributed by atoms with Gasteiger partial charge in [-0.1, -0.05) is 141 Å². The zero-order valence-corrected chi connectivity index (χ0v) is 28.7. The van der Waals surface area contributed by atoms with E-state index in [9.17, 15) is 0 Å². The van der Waals surface area contributed by atoms with Crippen LogP contribution >= 0.6 is 11.8 Å². The molecule has 1 saturated heterocycles. The van der Waals surface area contributed by atoms with Crippen LogP contribution in [0.25, 0.3) is 0 Å². The van der Waals surface area contributed by atoms with Crippen LogP contribution in [0.15, 0.2) is 77.7 Å². The minimum absolute atomic E-state index is 0.00177. The summed E-state index contributed by atoms with van der Waals surface area (Å²) in [5, 5.41) is 2.57. The molecule has 3 nitrogen and oxygen atoms in total. The second kappa shape index (κ2) is 12.3. The van der Waals surface area contributed by atoms with Crippen molar-refractivity contribution >= 4 is 30.5 Å². The van der Waals surface area contributed by atoms with Gasteiger partial charge in [0.05, 0.1) is 19.8 Å². The van der Waals surface area contributed by atoms with Gasteiger partial charge in [-0.05, 0) is 50.7 Å². The molecule has 0 bridgehead atoms. The van der Waals surface area contributed by atoms with Crippen LogP contribution in [-0.2, 0) is 20.0 Å². The lowest BCUT2D eigenvalue weighted by Gasteiger charge is -2.43. The quantitative estimate of drug-likeness (QED) is 0.246. The van der Waals surface area contributed by atoms with Gasteiger partial charge >= 0.3 is 0 Å². The molecule has 0 radical (unpaired) electrons. The largest absolute Gasteiger partial charge is 0.496 e. The topological polar surface area (TPSA) is 27.7 Å². The third-order valence-corrected chi connectivity index (χ3v) is 14.3. The Morgan fingerprint density at radius 2 is 1.32 bits per heavy atom. The number of thioether (sulfide) groups is 1. The number of methoxy groups -OCH3 is 1. The Bertz CT molecular complexity index is 1250. The average Bonchev–Trinajstić information content (AvgIpc) is 3.35. The van der Waals surface area contributed by atoms with Crippen molar-refractivity contribution in [2.45, 2.75) is 107 Å². The summed E-state index contributed by atoms with van der Waals surface area (Å²) in [6, 6.07) is 26.3. The van der Waals surface area contributed by atoms with E-state index in [2.05, 4.69) is 135 Å². The van der Waals surface area contributed by atoms with E-state index in [0.717, 1.165) is 18.6 Å². The first-order chi connectivity index (χ1) is 19.2. The highest BCUT2D eigenvalue weighted by atomic mass is 32.2. The zero-order valence-electron chi connectivity index (χ0n) is 26.8. The normalized spacial score (nSPS) is 18.5. The first-order valence-electron chi connectivity index (χ1n) is 15.0. The average molecular weight is 591 g/mol. The van der Waals surface area contributed by atoms with E-state index < -0.39 is 8.32 Å². The highest BCUT2D eigenvalue weighted by Gasteiger charge is 2.50. The van der Waals surface area contributed by atoms with Crippen molar-refractivity contribution in [1.29, 1.82) is 0 Å². The molecule has 0 amide bonds. The molecule has 0 saturated carbocycles. The van der Waals surface area contributed by atoms with Crippen molar-refractivity contribution in [2.24, 2.45) is 0 Å². The number of ether oxygens (including phenoxy) is 2. The highest BCUT2D eigenvalue weighted by molar-refractivity contribution is 7.99. The summed E-state index contributed by atoms with van der Waals surface area (Å²) in [7, 11) is -0.783. The summed E-state index contributed by atoms with van der Waals surface area (Å²) in [4.78, 5) is 1.25. The first kappa shape index (κ1) is 31.9. The van der Waals surface area contributed by atoms with E-state index in [1.165, 1.54) is 26.4 Å². The SMILES string of the molecule is COc1c(C(C)(C)C)ccc(S[C@@H]2CC[C@@H](CO[Si](c3ccccc3)(c3ccccc3)C(C)(C)C)O2)c1C(C)(C)C. The Morgan fingerprint density at radius 1 is 0.756 bits per heavy atom. The van der Waals surface area contributed by atoms with Crippen molar-refractivity contribution in [3.05, 3.63) is 83.9 Å². The molecule has 3 aromatic carbocycles. The number of rotatable bonds is 8. The van der Waals surface area contributed by atoms with Gasteiger partial charge < -0.3 is 13.9 Å². The molecule has 1 heterocycles. The molecule has 1 fully saturated rings. The van der Waals surface area contributed by atoms with Gasteiger partial charge in [-0.2, -0.15) is 0 Å². The highest BCUT2D eigenvalue weighted by Crippen LogP contribution is 2.47. The van der Waals surface area contributed by atoms with Gasteiger partial charge in [-0.25, -0.2) is 0 Å². The molecule has 1 aliphatic heterocycles. The summed E-state index contributed by atoms with van der Waals surface area (Å²) >= 11 is 1.84. The molecular weight excluding hydrogens is 541 g/mol. The van der Waals surface area contributed by atoms with Crippen molar-refractivity contribution < 1.29 is 13.9 Å². The van der Waals surface area contributed by atoms with Crippen LogP contribution in [0.4, 0.5) is 0 Å². The second-order valence-electron chi connectivity index (χ2n) is 14.4. The van der Waals surface area contributed by atoms with E-state index >= 15 is 0 Å². The summed E-state index contributed by atoms with van der Waals surface area (Å²) in [6.45, 7) is 21.2. The maximum Gasteiger partial charge on any atom is 0.261 e. The zero-order chi connectivity index (χ0) is 30.1. The fourth-order valence-corrected chi connectivity index (χ4v) is 12.2. The van der Waals surface area contributed by atoms with Gasteiger partial charge in [0.25, 0.3) is 8.32 Å². The Kier molecular flexibility index (Phi) is 9.55. The Morgan fingerprint density at radius 3 is 1.78 bits per heavy atom. The second-order valence-corrected chi connectivity index (χ2v) is 19.9. The fraction of sp³-hybridized carbons (Fsp3) is 0.500. The summed E-state index contributed by atoms with van der Waals surface area (Å²) in [5.74, 6) is 1.01.